The number of alkyl halides is 3. The summed E-state index contributed by atoms with van der Waals surface area (Å²) >= 11 is 0. The van der Waals surface area contributed by atoms with E-state index in [1.54, 1.807) is 0 Å². The molecule has 1 aliphatic carbocycles. The smallest absolute Gasteiger partial charge is 0.393 e. The molecule has 0 bridgehead atoms. The van der Waals surface area contributed by atoms with E-state index in [1.807, 2.05) is 0 Å². The van der Waals surface area contributed by atoms with Crippen molar-refractivity contribution in [3.63, 3.8) is 0 Å². The van der Waals surface area contributed by atoms with E-state index in [2.05, 4.69) is 10.6 Å². The van der Waals surface area contributed by atoms with Crippen molar-refractivity contribution in [1.82, 2.24) is 10.6 Å². The van der Waals surface area contributed by atoms with Gasteiger partial charge in [0.1, 0.15) is 0 Å². The molecular formula is C13H21F3N2O2. The fraction of sp³-hybridized carbons (Fsp3) is 0.923. The summed E-state index contributed by atoms with van der Waals surface area (Å²) in [7, 11) is 0. The number of rotatable bonds is 2. The third-order valence-corrected chi connectivity index (χ3v) is 4.24. The van der Waals surface area contributed by atoms with Crippen molar-refractivity contribution in [3.8, 4) is 0 Å². The first-order chi connectivity index (χ1) is 9.36. The normalized spacial score (nSPS) is 35.6. The molecule has 2 atom stereocenters. The molecule has 1 amide bonds. The fourth-order valence-electron chi connectivity index (χ4n) is 2.88. The molecule has 1 saturated carbocycles. The largest absolute Gasteiger partial charge is 0.393 e. The zero-order valence-corrected chi connectivity index (χ0v) is 11.2. The van der Waals surface area contributed by atoms with Gasteiger partial charge in [-0.05, 0) is 38.5 Å². The van der Waals surface area contributed by atoms with Gasteiger partial charge in [0, 0.05) is 12.6 Å². The molecular weight excluding hydrogens is 273 g/mol. The lowest BCUT2D eigenvalue weighted by atomic mass is 9.91. The maximum absolute atomic E-state index is 12.5. The summed E-state index contributed by atoms with van der Waals surface area (Å²) in [5.74, 6) is -1.57. The van der Waals surface area contributed by atoms with Crippen LogP contribution in [-0.4, -0.2) is 41.9 Å². The average Bonchev–Trinajstić information content (AvgIpc) is 2.40. The number of piperidine rings is 1. The molecule has 3 N–H and O–H groups in total. The van der Waals surface area contributed by atoms with E-state index >= 15 is 0 Å². The molecule has 116 valence electrons. The highest BCUT2D eigenvalue weighted by Crippen LogP contribution is 2.32. The molecule has 1 saturated heterocycles. The molecule has 7 heteroatoms. The van der Waals surface area contributed by atoms with Crippen molar-refractivity contribution in [2.75, 3.05) is 6.54 Å². The van der Waals surface area contributed by atoms with Crippen molar-refractivity contribution in [3.05, 3.63) is 0 Å². The van der Waals surface area contributed by atoms with Gasteiger partial charge < -0.3 is 15.7 Å². The summed E-state index contributed by atoms with van der Waals surface area (Å²) in [4.78, 5) is 12.0. The molecule has 1 aliphatic heterocycles. The van der Waals surface area contributed by atoms with Crippen molar-refractivity contribution >= 4 is 5.91 Å². The van der Waals surface area contributed by atoms with Gasteiger partial charge in [-0.25, -0.2) is 0 Å². The summed E-state index contributed by atoms with van der Waals surface area (Å²) in [6.45, 7) is -0.190. The molecule has 0 radical (unpaired) electrons. The number of hydrogen-bond acceptors (Lipinski definition) is 3. The van der Waals surface area contributed by atoms with Gasteiger partial charge in [0.15, 0.2) is 0 Å². The maximum atomic E-state index is 12.5. The molecule has 20 heavy (non-hydrogen) atoms. The number of hydrogen-bond donors (Lipinski definition) is 3. The van der Waals surface area contributed by atoms with Gasteiger partial charge >= 0.3 is 6.18 Å². The Hall–Kier alpha value is -0.820. The number of amides is 1. The fourth-order valence-corrected chi connectivity index (χ4v) is 2.88. The van der Waals surface area contributed by atoms with Crippen LogP contribution in [0.15, 0.2) is 0 Å². The van der Waals surface area contributed by atoms with Crippen LogP contribution in [0.1, 0.15) is 38.5 Å². The lowest BCUT2D eigenvalue weighted by Crippen LogP contribution is -2.53. The predicted octanol–water partition coefficient (Wildman–Crippen LogP) is 1.34. The summed E-state index contributed by atoms with van der Waals surface area (Å²) in [6.07, 6.45) is -1.48. The second-order valence-corrected chi connectivity index (χ2v) is 5.79. The Labute approximate surface area is 116 Å². The highest BCUT2D eigenvalue weighted by molar-refractivity contribution is 5.82. The van der Waals surface area contributed by atoms with E-state index in [-0.39, 0.29) is 37.4 Å². The monoisotopic (exact) mass is 294 g/mol. The van der Waals surface area contributed by atoms with Gasteiger partial charge in [0.05, 0.1) is 18.1 Å². The summed E-state index contributed by atoms with van der Waals surface area (Å²) in [6, 6.07) is -0.492. The minimum atomic E-state index is -4.19. The van der Waals surface area contributed by atoms with Gasteiger partial charge in [-0.3, -0.25) is 4.79 Å². The van der Waals surface area contributed by atoms with Crippen LogP contribution in [0.4, 0.5) is 13.2 Å². The van der Waals surface area contributed by atoms with Crippen LogP contribution in [0.3, 0.4) is 0 Å². The molecule has 2 unspecified atom stereocenters. The Kier molecular flexibility index (Phi) is 4.90. The van der Waals surface area contributed by atoms with Crippen LogP contribution >= 0.6 is 0 Å². The number of carbonyl (C=O) groups is 1. The average molecular weight is 294 g/mol. The van der Waals surface area contributed by atoms with E-state index < -0.39 is 18.1 Å². The lowest BCUT2D eigenvalue weighted by Gasteiger charge is -2.32. The van der Waals surface area contributed by atoms with Crippen LogP contribution in [0.2, 0.25) is 0 Å². The van der Waals surface area contributed by atoms with E-state index in [1.165, 1.54) is 0 Å². The Morgan fingerprint density at radius 3 is 2.25 bits per heavy atom. The van der Waals surface area contributed by atoms with Crippen molar-refractivity contribution in [1.29, 1.82) is 0 Å². The quantitative estimate of drug-likeness (QED) is 0.720. The molecule has 0 aromatic carbocycles. The first kappa shape index (κ1) is 15.6. The van der Waals surface area contributed by atoms with Crippen LogP contribution in [-0.2, 0) is 4.79 Å². The highest BCUT2D eigenvalue weighted by Gasteiger charge is 2.42. The SMILES string of the molecule is O=C(NC1CCC(O)CC1)C1CCC(C(F)(F)F)CN1. The van der Waals surface area contributed by atoms with Crippen LogP contribution in [0.5, 0.6) is 0 Å². The minimum Gasteiger partial charge on any atom is -0.393 e. The summed E-state index contributed by atoms with van der Waals surface area (Å²) < 4.78 is 37.5. The number of aliphatic hydroxyl groups is 1. The second-order valence-electron chi connectivity index (χ2n) is 5.79. The van der Waals surface area contributed by atoms with Gasteiger partial charge in [0.25, 0.3) is 0 Å². The Morgan fingerprint density at radius 1 is 1.10 bits per heavy atom. The zero-order valence-electron chi connectivity index (χ0n) is 11.2. The Balaban J connectivity index is 1.75. The zero-order chi connectivity index (χ0) is 14.8. The van der Waals surface area contributed by atoms with Crippen molar-refractivity contribution < 1.29 is 23.1 Å². The number of carbonyl (C=O) groups excluding carboxylic acids is 1. The molecule has 0 aromatic rings. The van der Waals surface area contributed by atoms with Crippen LogP contribution in [0.25, 0.3) is 0 Å². The second kappa shape index (κ2) is 6.30. The van der Waals surface area contributed by atoms with Crippen molar-refractivity contribution in [2.45, 2.75) is 62.9 Å². The van der Waals surface area contributed by atoms with Crippen LogP contribution in [0, 0.1) is 5.92 Å². The highest BCUT2D eigenvalue weighted by atomic mass is 19.4. The van der Waals surface area contributed by atoms with Crippen molar-refractivity contribution in [2.24, 2.45) is 5.92 Å². The lowest BCUT2D eigenvalue weighted by molar-refractivity contribution is -0.180. The third kappa shape index (κ3) is 4.09. The predicted molar refractivity (Wildman–Crippen MR) is 67.0 cm³/mol. The molecule has 1 heterocycles. The number of halogens is 3. The molecule has 2 rings (SSSR count). The van der Waals surface area contributed by atoms with Crippen LogP contribution < -0.4 is 10.6 Å². The molecule has 4 nitrogen and oxygen atoms in total. The van der Waals surface area contributed by atoms with Gasteiger partial charge in [-0.1, -0.05) is 0 Å². The van der Waals surface area contributed by atoms with E-state index in [0.717, 1.165) is 12.8 Å². The number of nitrogens with one attached hydrogen (secondary N) is 2. The third-order valence-electron chi connectivity index (χ3n) is 4.24. The minimum absolute atomic E-state index is 0.00202. The Bertz CT molecular complexity index is 333. The van der Waals surface area contributed by atoms with Gasteiger partial charge in [-0.15, -0.1) is 0 Å². The summed E-state index contributed by atoms with van der Waals surface area (Å²) in [5.41, 5.74) is 0. The maximum Gasteiger partial charge on any atom is 0.393 e. The molecule has 2 aliphatic rings. The van der Waals surface area contributed by atoms with Gasteiger partial charge in [-0.2, -0.15) is 13.2 Å². The summed E-state index contributed by atoms with van der Waals surface area (Å²) in [5, 5.41) is 14.9. The van der Waals surface area contributed by atoms with E-state index in [4.69, 9.17) is 0 Å². The van der Waals surface area contributed by atoms with E-state index in [0.29, 0.717) is 12.8 Å². The molecule has 0 aromatic heterocycles. The molecule has 0 spiro atoms. The van der Waals surface area contributed by atoms with Gasteiger partial charge in [0.2, 0.25) is 5.91 Å². The van der Waals surface area contributed by atoms with E-state index in [9.17, 15) is 23.1 Å². The topological polar surface area (TPSA) is 61.4 Å². The standard InChI is InChI=1S/C13H21F3N2O2/c14-13(15,16)8-1-6-11(17-7-8)12(20)18-9-2-4-10(19)5-3-9/h8-11,17,19H,1-7H2,(H,18,20). The number of aliphatic hydroxyl groups excluding tert-OH is 1. The Morgan fingerprint density at radius 2 is 1.75 bits per heavy atom. The first-order valence-electron chi connectivity index (χ1n) is 7.15. The molecule has 2 fully saturated rings. The first-order valence-corrected chi connectivity index (χ1v) is 7.15.